The molecule has 1 spiro atoms. The summed E-state index contributed by atoms with van der Waals surface area (Å²) in [6.07, 6.45) is 6.84. The molecule has 0 heterocycles. The first-order valence-electron chi connectivity index (χ1n) is 4.72. The summed E-state index contributed by atoms with van der Waals surface area (Å²) in [7, 11) is 0. The summed E-state index contributed by atoms with van der Waals surface area (Å²) in [5, 5.41) is 8.84. The van der Waals surface area contributed by atoms with Crippen molar-refractivity contribution in [1.82, 2.24) is 5.48 Å². The Balaban J connectivity index is 1.82. The van der Waals surface area contributed by atoms with Gasteiger partial charge in [0.05, 0.1) is 0 Å². The number of nitrogens with one attached hydrogen (secondary N) is 1. The average Bonchev–Trinajstić information content (AvgIpc) is 2.55. The largest absolute Gasteiger partial charge is 0.317 e. The summed E-state index contributed by atoms with van der Waals surface area (Å²) < 4.78 is 0. The van der Waals surface area contributed by atoms with E-state index in [1.165, 1.54) is 32.1 Å². The van der Waals surface area contributed by atoms with Crippen LogP contribution in [0, 0.1) is 17.3 Å². The minimum atomic E-state index is 0.418. The van der Waals surface area contributed by atoms with Crippen LogP contribution in [0.1, 0.15) is 32.1 Å². The Morgan fingerprint density at radius 2 is 2.09 bits per heavy atom. The van der Waals surface area contributed by atoms with Crippen molar-refractivity contribution in [3.05, 3.63) is 0 Å². The first kappa shape index (κ1) is 6.44. The molecule has 62 valence electrons. The van der Waals surface area contributed by atoms with Gasteiger partial charge in [-0.25, -0.2) is 5.48 Å². The summed E-state index contributed by atoms with van der Waals surface area (Å²) in [5.74, 6) is 1.98. The van der Waals surface area contributed by atoms with Crippen LogP contribution in [0.25, 0.3) is 0 Å². The maximum Gasteiger partial charge on any atom is 0.0327 e. The van der Waals surface area contributed by atoms with Gasteiger partial charge in [0.2, 0.25) is 0 Å². The van der Waals surface area contributed by atoms with Crippen LogP contribution in [-0.4, -0.2) is 11.2 Å². The topological polar surface area (TPSA) is 32.3 Å². The number of hydrogen-bond acceptors (Lipinski definition) is 2. The lowest BCUT2D eigenvalue weighted by Gasteiger charge is -2.29. The molecule has 3 saturated carbocycles. The zero-order chi connectivity index (χ0) is 7.47. The maximum absolute atomic E-state index is 8.84. The molecule has 3 fully saturated rings. The number of rotatable bonds is 1. The molecule has 2 N–H and O–H groups in total. The fraction of sp³-hybridized carbons (Fsp3) is 1.00. The molecule has 0 aromatic heterocycles. The minimum absolute atomic E-state index is 0.418. The molecule has 0 aromatic rings. The fourth-order valence-electron chi connectivity index (χ4n) is 3.66. The van der Waals surface area contributed by atoms with Crippen LogP contribution in [0.4, 0.5) is 0 Å². The molecule has 0 aliphatic heterocycles. The number of hydrogen-bond donors (Lipinski definition) is 2. The molecule has 4 unspecified atom stereocenters. The van der Waals surface area contributed by atoms with Crippen molar-refractivity contribution < 1.29 is 5.21 Å². The second-order valence-corrected chi connectivity index (χ2v) is 4.84. The first-order chi connectivity index (χ1) is 5.32. The van der Waals surface area contributed by atoms with Gasteiger partial charge in [-0.3, -0.25) is 0 Å². The van der Waals surface area contributed by atoms with Gasteiger partial charge < -0.3 is 5.21 Å². The van der Waals surface area contributed by atoms with Crippen LogP contribution in [0.15, 0.2) is 0 Å². The van der Waals surface area contributed by atoms with E-state index in [9.17, 15) is 0 Å². The van der Waals surface area contributed by atoms with Crippen molar-refractivity contribution in [3.8, 4) is 0 Å². The predicted molar refractivity (Wildman–Crippen MR) is 41.2 cm³/mol. The van der Waals surface area contributed by atoms with E-state index in [4.69, 9.17) is 5.21 Å². The van der Waals surface area contributed by atoms with E-state index in [1.54, 1.807) is 0 Å². The summed E-state index contributed by atoms with van der Waals surface area (Å²) >= 11 is 0. The lowest BCUT2D eigenvalue weighted by Crippen LogP contribution is -2.34. The lowest BCUT2D eigenvalue weighted by molar-refractivity contribution is 0.0801. The van der Waals surface area contributed by atoms with Crippen LogP contribution in [0.5, 0.6) is 0 Å². The van der Waals surface area contributed by atoms with Gasteiger partial charge in [0.25, 0.3) is 0 Å². The van der Waals surface area contributed by atoms with E-state index in [0.29, 0.717) is 11.5 Å². The smallest absolute Gasteiger partial charge is 0.0327 e. The van der Waals surface area contributed by atoms with Crippen molar-refractivity contribution in [2.75, 3.05) is 0 Å². The van der Waals surface area contributed by atoms with Crippen LogP contribution >= 0.6 is 0 Å². The highest BCUT2D eigenvalue weighted by Crippen LogP contribution is 2.70. The van der Waals surface area contributed by atoms with Crippen LogP contribution in [0.2, 0.25) is 0 Å². The zero-order valence-electron chi connectivity index (χ0n) is 6.71. The zero-order valence-corrected chi connectivity index (χ0v) is 6.71. The molecule has 3 aliphatic rings. The monoisotopic (exact) mass is 153 g/mol. The van der Waals surface area contributed by atoms with Crippen molar-refractivity contribution in [2.24, 2.45) is 17.3 Å². The Kier molecular flexibility index (Phi) is 1.06. The van der Waals surface area contributed by atoms with E-state index < -0.39 is 0 Å². The SMILES string of the molecule is ONC1CC2CC3CC3(C2)C1. The Morgan fingerprint density at radius 1 is 1.18 bits per heavy atom. The van der Waals surface area contributed by atoms with E-state index in [2.05, 4.69) is 5.48 Å². The highest BCUT2D eigenvalue weighted by atomic mass is 16.5. The Hall–Kier alpha value is -0.0800. The van der Waals surface area contributed by atoms with Crippen molar-refractivity contribution in [3.63, 3.8) is 0 Å². The van der Waals surface area contributed by atoms with Crippen LogP contribution < -0.4 is 5.48 Å². The third kappa shape index (κ3) is 0.744. The third-order valence-electron chi connectivity index (χ3n) is 4.13. The van der Waals surface area contributed by atoms with Crippen LogP contribution in [0.3, 0.4) is 0 Å². The standard InChI is InChI=1S/C9H15NO/c11-10-8-2-6-1-7-4-9(7,3-6)5-8/h6-8,10-11H,1-5H2. The first-order valence-corrected chi connectivity index (χ1v) is 4.72. The molecular formula is C9H15NO. The van der Waals surface area contributed by atoms with Gasteiger partial charge in [-0.2, -0.15) is 0 Å². The fourth-order valence-corrected chi connectivity index (χ4v) is 3.66. The quantitative estimate of drug-likeness (QED) is 0.560. The molecule has 2 heteroatoms. The molecule has 2 nitrogen and oxygen atoms in total. The lowest BCUT2D eigenvalue weighted by atomic mass is 9.81. The molecule has 2 bridgehead atoms. The number of fused-ring (bicyclic) bond motifs is 1. The van der Waals surface area contributed by atoms with Gasteiger partial charge in [-0.05, 0) is 49.4 Å². The molecule has 0 radical (unpaired) electrons. The molecular weight excluding hydrogens is 138 g/mol. The third-order valence-corrected chi connectivity index (χ3v) is 4.13. The minimum Gasteiger partial charge on any atom is -0.317 e. The van der Waals surface area contributed by atoms with Gasteiger partial charge in [0, 0.05) is 6.04 Å². The summed E-state index contributed by atoms with van der Waals surface area (Å²) in [6, 6.07) is 0.418. The summed E-state index contributed by atoms with van der Waals surface area (Å²) in [6.45, 7) is 0. The molecule has 0 aromatic carbocycles. The molecule has 0 saturated heterocycles. The normalized spacial score (nSPS) is 59.2. The van der Waals surface area contributed by atoms with Gasteiger partial charge in [0.1, 0.15) is 0 Å². The van der Waals surface area contributed by atoms with Crippen molar-refractivity contribution in [2.45, 2.75) is 38.1 Å². The molecule has 3 aliphatic carbocycles. The highest BCUT2D eigenvalue weighted by Gasteiger charge is 2.62. The molecule has 4 atom stereocenters. The molecule has 3 rings (SSSR count). The van der Waals surface area contributed by atoms with Crippen molar-refractivity contribution >= 4 is 0 Å². The summed E-state index contributed by atoms with van der Waals surface area (Å²) in [4.78, 5) is 0. The van der Waals surface area contributed by atoms with E-state index in [1.807, 2.05) is 0 Å². The molecule has 11 heavy (non-hydrogen) atoms. The maximum atomic E-state index is 8.84. The van der Waals surface area contributed by atoms with E-state index in [0.717, 1.165) is 11.8 Å². The summed E-state index contributed by atoms with van der Waals surface area (Å²) in [5.41, 5.74) is 3.17. The van der Waals surface area contributed by atoms with Crippen molar-refractivity contribution in [1.29, 1.82) is 0 Å². The van der Waals surface area contributed by atoms with Crippen LogP contribution in [-0.2, 0) is 0 Å². The van der Waals surface area contributed by atoms with Gasteiger partial charge >= 0.3 is 0 Å². The second-order valence-electron chi connectivity index (χ2n) is 4.84. The Labute approximate surface area is 66.9 Å². The predicted octanol–water partition coefficient (Wildman–Crippen LogP) is 1.54. The average molecular weight is 153 g/mol. The number of hydroxylamine groups is 1. The highest BCUT2D eigenvalue weighted by molar-refractivity contribution is 5.13. The van der Waals surface area contributed by atoms with Gasteiger partial charge in [-0.1, -0.05) is 0 Å². The Morgan fingerprint density at radius 3 is 2.82 bits per heavy atom. The van der Waals surface area contributed by atoms with Gasteiger partial charge in [-0.15, -0.1) is 0 Å². The Bertz CT molecular complexity index is 194. The van der Waals surface area contributed by atoms with E-state index >= 15 is 0 Å². The molecule has 0 amide bonds. The second kappa shape index (κ2) is 1.80. The van der Waals surface area contributed by atoms with Gasteiger partial charge in [0.15, 0.2) is 0 Å². The van der Waals surface area contributed by atoms with E-state index in [-0.39, 0.29) is 0 Å².